The summed E-state index contributed by atoms with van der Waals surface area (Å²) in [5.74, 6) is 2.29. The zero-order chi connectivity index (χ0) is 14.7. The maximum absolute atomic E-state index is 5.88. The van der Waals surface area contributed by atoms with Gasteiger partial charge >= 0.3 is 0 Å². The van der Waals surface area contributed by atoms with E-state index in [0.717, 1.165) is 17.2 Å². The molecule has 0 aliphatic carbocycles. The third kappa shape index (κ3) is 6.37. The Morgan fingerprint density at radius 3 is 1.42 bits per heavy atom. The molecule has 0 bridgehead atoms. The first-order chi connectivity index (χ1) is 8.59. The van der Waals surface area contributed by atoms with Gasteiger partial charge in [0, 0.05) is 18.2 Å². The van der Waals surface area contributed by atoms with Crippen LogP contribution in [0.25, 0.3) is 0 Å². The van der Waals surface area contributed by atoms with Crippen LogP contribution in [-0.4, -0.2) is 17.8 Å². The fraction of sp³-hybridized carbons (Fsp3) is 0.625. The molecule has 1 aromatic carbocycles. The average molecular weight is 266 g/mol. The third-order valence-corrected chi connectivity index (χ3v) is 2.01. The Bertz CT molecular complexity index is 377. The van der Waals surface area contributed by atoms with Crippen molar-refractivity contribution in [3.8, 4) is 17.2 Å². The number of ether oxygens (including phenoxy) is 3. The van der Waals surface area contributed by atoms with Gasteiger partial charge in [0.1, 0.15) is 28.5 Å². The van der Waals surface area contributed by atoms with Crippen LogP contribution in [0.4, 0.5) is 0 Å². The van der Waals surface area contributed by atoms with Gasteiger partial charge in [-0.3, -0.25) is 0 Å². The lowest BCUT2D eigenvalue weighted by molar-refractivity contribution is 0.120. The monoisotopic (exact) mass is 266 g/mol. The van der Waals surface area contributed by atoms with Crippen LogP contribution in [0.15, 0.2) is 18.2 Å². The molecule has 0 unspecified atom stereocenters. The van der Waals surface area contributed by atoms with E-state index >= 15 is 0 Å². The molecular weight excluding hydrogens is 240 g/mol. The lowest BCUT2D eigenvalue weighted by Gasteiger charge is -2.25. The van der Waals surface area contributed by atoms with E-state index in [9.17, 15) is 0 Å². The Hall–Kier alpha value is -1.38. The first-order valence-corrected chi connectivity index (χ1v) is 6.75. The number of benzene rings is 1. The average Bonchev–Trinajstić information content (AvgIpc) is 2.11. The zero-order valence-electron chi connectivity index (χ0n) is 13.2. The Morgan fingerprint density at radius 1 is 0.737 bits per heavy atom. The first kappa shape index (κ1) is 15.7. The van der Waals surface area contributed by atoms with Crippen molar-refractivity contribution in [2.75, 3.05) is 6.61 Å². The van der Waals surface area contributed by atoms with E-state index in [0.29, 0.717) is 6.61 Å². The molecule has 0 N–H and O–H groups in total. The van der Waals surface area contributed by atoms with E-state index in [1.54, 1.807) is 0 Å². The van der Waals surface area contributed by atoms with E-state index in [-0.39, 0.29) is 11.2 Å². The van der Waals surface area contributed by atoms with Crippen molar-refractivity contribution >= 4 is 0 Å². The number of rotatable bonds is 4. The molecule has 0 fully saturated rings. The van der Waals surface area contributed by atoms with Gasteiger partial charge in [-0.2, -0.15) is 0 Å². The summed E-state index contributed by atoms with van der Waals surface area (Å²) in [5.41, 5.74) is -0.492. The molecule has 0 saturated heterocycles. The van der Waals surface area contributed by atoms with Crippen molar-refractivity contribution in [3.05, 3.63) is 18.2 Å². The molecule has 0 aromatic heterocycles. The highest BCUT2D eigenvalue weighted by Crippen LogP contribution is 2.31. The van der Waals surface area contributed by atoms with E-state index < -0.39 is 0 Å². The number of hydrogen-bond acceptors (Lipinski definition) is 3. The highest BCUT2D eigenvalue weighted by atomic mass is 16.5. The SMILES string of the molecule is CCOc1cc(OC(C)(C)C)cc(OC(C)(C)C)c1. The smallest absolute Gasteiger partial charge is 0.127 e. The van der Waals surface area contributed by atoms with Crippen molar-refractivity contribution in [3.63, 3.8) is 0 Å². The normalized spacial score (nSPS) is 12.2. The summed E-state index contributed by atoms with van der Waals surface area (Å²) in [6, 6.07) is 5.69. The van der Waals surface area contributed by atoms with Gasteiger partial charge in [-0.05, 0) is 48.5 Å². The van der Waals surface area contributed by atoms with Crippen LogP contribution < -0.4 is 14.2 Å². The summed E-state index contributed by atoms with van der Waals surface area (Å²) in [6.07, 6.45) is 0. The van der Waals surface area contributed by atoms with Crippen LogP contribution in [0.2, 0.25) is 0 Å². The second-order valence-electron chi connectivity index (χ2n) is 6.50. The van der Waals surface area contributed by atoms with Gasteiger partial charge in [0.2, 0.25) is 0 Å². The van der Waals surface area contributed by atoms with E-state index in [1.165, 1.54) is 0 Å². The van der Waals surface area contributed by atoms with Gasteiger partial charge in [-0.15, -0.1) is 0 Å². The zero-order valence-corrected chi connectivity index (χ0v) is 13.2. The summed E-state index contributed by atoms with van der Waals surface area (Å²) in [4.78, 5) is 0. The fourth-order valence-corrected chi connectivity index (χ4v) is 1.62. The molecule has 0 heterocycles. The van der Waals surface area contributed by atoms with Crippen molar-refractivity contribution in [1.29, 1.82) is 0 Å². The van der Waals surface area contributed by atoms with Crippen molar-refractivity contribution in [2.45, 2.75) is 59.7 Å². The largest absolute Gasteiger partial charge is 0.494 e. The first-order valence-electron chi connectivity index (χ1n) is 6.75. The summed E-state index contributed by atoms with van der Waals surface area (Å²) in [7, 11) is 0. The molecule has 0 saturated carbocycles. The van der Waals surface area contributed by atoms with E-state index in [2.05, 4.69) is 0 Å². The van der Waals surface area contributed by atoms with E-state index in [1.807, 2.05) is 66.7 Å². The van der Waals surface area contributed by atoms with Crippen molar-refractivity contribution in [1.82, 2.24) is 0 Å². The lowest BCUT2D eigenvalue weighted by atomic mass is 10.1. The second-order valence-corrected chi connectivity index (χ2v) is 6.50. The Balaban J connectivity index is 3.03. The molecule has 0 radical (unpaired) electrons. The lowest BCUT2D eigenvalue weighted by Crippen LogP contribution is -2.24. The molecule has 108 valence electrons. The minimum absolute atomic E-state index is 0.246. The minimum atomic E-state index is -0.246. The highest BCUT2D eigenvalue weighted by Gasteiger charge is 2.16. The fourth-order valence-electron chi connectivity index (χ4n) is 1.62. The predicted molar refractivity (Wildman–Crippen MR) is 78.4 cm³/mol. The van der Waals surface area contributed by atoms with Crippen LogP contribution in [0, 0.1) is 0 Å². The predicted octanol–water partition coefficient (Wildman–Crippen LogP) is 4.44. The Morgan fingerprint density at radius 2 is 1.11 bits per heavy atom. The van der Waals surface area contributed by atoms with Gasteiger partial charge < -0.3 is 14.2 Å². The summed E-state index contributed by atoms with van der Waals surface area (Å²) in [6.45, 7) is 14.7. The Labute approximate surface area is 116 Å². The quantitative estimate of drug-likeness (QED) is 0.806. The summed E-state index contributed by atoms with van der Waals surface area (Å²) in [5, 5.41) is 0. The third-order valence-electron chi connectivity index (χ3n) is 2.01. The Kier molecular flexibility index (Phi) is 4.72. The van der Waals surface area contributed by atoms with Gasteiger partial charge in [-0.25, -0.2) is 0 Å². The molecule has 0 atom stereocenters. The maximum atomic E-state index is 5.88. The van der Waals surface area contributed by atoms with E-state index in [4.69, 9.17) is 14.2 Å². The van der Waals surface area contributed by atoms with Crippen LogP contribution in [0.3, 0.4) is 0 Å². The topological polar surface area (TPSA) is 27.7 Å². The molecule has 3 heteroatoms. The molecule has 0 spiro atoms. The van der Waals surface area contributed by atoms with Crippen LogP contribution in [0.1, 0.15) is 48.5 Å². The highest BCUT2D eigenvalue weighted by molar-refractivity contribution is 5.42. The van der Waals surface area contributed by atoms with Crippen LogP contribution >= 0.6 is 0 Å². The molecule has 1 aromatic rings. The second kappa shape index (κ2) is 5.72. The number of hydrogen-bond donors (Lipinski definition) is 0. The summed E-state index contributed by atoms with van der Waals surface area (Å²) < 4.78 is 17.3. The van der Waals surface area contributed by atoms with Gasteiger partial charge in [0.05, 0.1) is 6.61 Å². The van der Waals surface area contributed by atoms with Gasteiger partial charge in [0.15, 0.2) is 0 Å². The van der Waals surface area contributed by atoms with Crippen LogP contribution in [-0.2, 0) is 0 Å². The van der Waals surface area contributed by atoms with Gasteiger partial charge in [-0.1, -0.05) is 0 Å². The van der Waals surface area contributed by atoms with Crippen molar-refractivity contribution in [2.24, 2.45) is 0 Å². The summed E-state index contributed by atoms with van der Waals surface area (Å²) >= 11 is 0. The van der Waals surface area contributed by atoms with Crippen molar-refractivity contribution < 1.29 is 14.2 Å². The molecule has 3 nitrogen and oxygen atoms in total. The molecule has 0 amide bonds. The molecule has 1 rings (SSSR count). The standard InChI is InChI=1S/C16H26O3/c1-8-17-12-9-13(18-15(2,3)4)11-14(10-12)19-16(5,6)7/h9-11H,8H2,1-7H3. The molecule has 0 aliphatic heterocycles. The van der Waals surface area contributed by atoms with Crippen LogP contribution in [0.5, 0.6) is 17.2 Å². The molecule has 0 aliphatic rings. The van der Waals surface area contributed by atoms with Gasteiger partial charge in [0.25, 0.3) is 0 Å². The minimum Gasteiger partial charge on any atom is -0.494 e. The maximum Gasteiger partial charge on any atom is 0.127 e. The molecule has 19 heavy (non-hydrogen) atoms. The molecular formula is C16H26O3.